The molecule has 0 saturated heterocycles. The van der Waals surface area contributed by atoms with E-state index in [0.717, 1.165) is 17.0 Å². The molecule has 0 aliphatic rings. The zero-order valence-electron chi connectivity index (χ0n) is 22.5. The minimum absolute atomic E-state index is 0.223. The van der Waals surface area contributed by atoms with Gasteiger partial charge in [0.1, 0.15) is 11.4 Å². The summed E-state index contributed by atoms with van der Waals surface area (Å²) in [7, 11) is 1.63. The number of pyridine rings is 2. The molecule has 0 aliphatic carbocycles. The van der Waals surface area contributed by atoms with E-state index in [0.29, 0.717) is 28.5 Å². The Morgan fingerprint density at radius 2 is 1.81 bits per heavy atom. The largest absolute Gasteiger partial charge is 0.443 e. The van der Waals surface area contributed by atoms with Crippen molar-refractivity contribution >= 4 is 29.5 Å². The van der Waals surface area contributed by atoms with E-state index in [4.69, 9.17) is 20.9 Å². The summed E-state index contributed by atoms with van der Waals surface area (Å²) < 4.78 is 5.57. The van der Waals surface area contributed by atoms with Gasteiger partial charge in [0.25, 0.3) is 0 Å². The van der Waals surface area contributed by atoms with Gasteiger partial charge in [0.15, 0.2) is 0 Å². The fourth-order valence-electron chi connectivity index (χ4n) is 3.36. The molecule has 36 heavy (non-hydrogen) atoms. The van der Waals surface area contributed by atoms with Crippen molar-refractivity contribution in [3.8, 4) is 11.3 Å². The monoisotopic (exact) mass is 490 g/mol. The fraction of sp³-hybridized carbons (Fsp3) is 0.357. The number of hydrogen-bond acceptors (Lipinski definition) is 7. The molecule has 2 heterocycles. The second kappa shape index (κ2) is 12.3. The number of nitrogens with zero attached hydrogens (tertiary/aromatic N) is 3. The Labute approximate surface area is 214 Å². The van der Waals surface area contributed by atoms with Crippen LogP contribution in [0, 0.1) is 12.3 Å². The molecular formula is C28H38N6O2. The Hall–Kier alpha value is -3.78. The Bertz CT molecular complexity index is 1200. The molecule has 1 unspecified atom stereocenters. The Kier molecular flexibility index (Phi) is 9.69. The van der Waals surface area contributed by atoms with Crippen molar-refractivity contribution in [2.45, 2.75) is 60.1 Å². The van der Waals surface area contributed by atoms with Crippen molar-refractivity contribution in [2.75, 3.05) is 17.3 Å². The fourth-order valence-corrected chi connectivity index (χ4v) is 3.36. The average Bonchev–Trinajstić information content (AvgIpc) is 2.83. The molecule has 1 atom stereocenters. The van der Waals surface area contributed by atoms with Gasteiger partial charge in [-0.25, -0.2) is 9.78 Å². The van der Waals surface area contributed by atoms with E-state index < -0.39 is 11.7 Å². The summed E-state index contributed by atoms with van der Waals surface area (Å²) in [5.41, 5.74) is 10.1. The molecule has 0 bridgehead atoms. The maximum absolute atomic E-state index is 12.9. The zero-order chi connectivity index (χ0) is 27.0. The highest BCUT2D eigenvalue weighted by molar-refractivity contribution is 6.02. The lowest BCUT2D eigenvalue weighted by atomic mass is 10.0. The molecule has 0 spiro atoms. The van der Waals surface area contributed by atoms with Crippen LogP contribution in [0.4, 0.5) is 22.0 Å². The van der Waals surface area contributed by atoms with Gasteiger partial charge in [0.2, 0.25) is 0 Å². The average molecular weight is 491 g/mol. The van der Waals surface area contributed by atoms with Crippen LogP contribution < -0.4 is 16.0 Å². The van der Waals surface area contributed by atoms with Gasteiger partial charge in [-0.3, -0.25) is 9.88 Å². The zero-order valence-corrected chi connectivity index (χ0v) is 22.5. The Balaban J connectivity index is 0.00000222. The van der Waals surface area contributed by atoms with Crippen LogP contribution in [0.1, 0.15) is 64.5 Å². The highest BCUT2D eigenvalue weighted by Crippen LogP contribution is 2.34. The van der Waals surface area contributed by atoms with Crippen LogP contribution in [0.3, 0.4) is 0 Å². The molecule has 3 aromatic rings. The lowest BCUT2D eigenvalue weighted by molar-refractivity contribution is 0.0589. The third-order valence-electron chi connectivity index (χ3n) is 5.02. The lowest BCUT2D eigenvalue weighted by Crippen LogP contribution is -2.34. The molecule has 0 radical (unpaired) electrons. The third-order valence-corrected chi connectivity index (χ3v) is 5.02. The third kappa shape index (κ3) is 7.36. The number of aromatic nitrogens is 2. The van der Waals surface area contributed by atoms with E-state index >= 15 is 0 Å². The summed E-state index contributed by atoms with van der Waals surface area (Å²) >= 11 is 0. The van der Waals surface area contributed by atoms with Crippen molar-refractivity contribution in [3.63, 3.8) is 0 Å². The van der Waals surface area contributed by atoms with Crippen molar-refractivity contribution in [1.29, 1.82) is 5.41 Å². The summed E-state index contributed by atoms with van der Waals surface area (Å²) in [6.45, 7) is 13.2. The number of carbonyl (C=O) groups is 1. The number of benzene rings is 1. The van der Waals surface area contributed by atoms with Crippen LogP contribution in [0.25, 0.3) is 11.3 Å². The molecule has 0 aliphatic heterocycles. The number of carbonyl (C=O) groups excluding carboxylic acids is 1. The number of aryl methyl sites for hydroxylation is 1. The van der Waals surface area contributed by atoms with Gasteiger partial charge in [-0.15, -0.1) is 0 Å². The topological polar surface area (TPSA) is 117 Å². The van der Waals surface area contributed by atoms with Crippen LogP contribution in [-0.2, 0) is 4.74 Å². The van der Waals surface area contributed by atoms with E-state index in [1.807, 2.05) is 97.0 Å². The van der Waals surface area contributed by atoms with Crippen LogP contribution in [-0.4, -0.2) is 34.9 Å². The van der Waals surface area contributed by atoms with Gasteiger partial charge in [0, 0.05) is 36.1 Å². The molecule has 8 nitrogen and oxygen atoms in total. The molecule has 3 rings (SSSR count). The first-order valence-corrected chi connectivity index (χ1v) is 12.1. The summed E-state index contributed by atoms with van der Waals surface area (Å²) in [4.78, 5) is 23.5. The molecule has 4 N–H and O–H groups in total. The van der Waals surface area contributed by atoms with Gasteiger partial charge in [-0.1, -0.05) is 26.0 Å². The van der Waals surface area contributed by atoms with Gasteiger partial charge >= 0.3 is 6.09 Å². The highest BCUT2D eigenvalue weighted by atomic mass is 16.6. The summed E-state index contributed by atoms with van der Waals surface area (Å²) in [5.74, 6) is 0.628. The number of nitrogens with two attached hydrogens (primary N) is 1. The number of hydrogen-bond donors (Lipinski definition) is 3. The summed E-state index contributed by atoms with van der Waals surface area (Å²) in [6.07, 6.45) is 0.689. The lowest BCUT2D eigenvalue weighted by Gasteiger charge is -2.27. The first kappa shape index (κ1) is 28.5. The maximum Gasteiger partial charge on any atom is 0.414 e. The molecule has 0 fully saturated rings. The van der Waals surface area contributed by atoms with Gasteiger partial charge < -0.3 is 21.2 Å². The van der Waals surface area contributed by atoms with E-state index in [1.165, 1.54) is 11.1 Å². The first-order chi connectivity index (χ1) is 17.0. The van der Waals surface area contributed by atoms with E-state index in [1.54, 1.807) is 7.05 Å². The van der Waals surface area contributed by atoms with E-state index in [9.17, 15) is 4.79 Å². The minimum Gasteiger partial charge on any atom is -0.443 e. The maximum atomic E-state index is 12.9. The Morgan fingerprint density at radius 1 is 1.14 bits per heavy atom. The standard InChI is InChI=1S/C26H32N6O2.C2H6/c1-16-9-7-12-24(29-16)31-22-13-18(21-11-8-10-20(30-21)17(2)28)14-23(19(22)15-27)32(6)25(33)34-26(3,4)5;1-2/h7-15,17,27H,28H2,1-6H3,(H,29,31);1-2H3. The van der Waals surface area contributed by atoms with Crippen molar-refractivity contribution in [2.24, 2.45) is 5.73 Å². The number of rotatable bonds is 6. The van der Waals surface area contributed by atoms with Crippen LogP contribution in [0.2, 0.25) is 0 Å². The molecule has 2 aromatic heterocycles. The number of nitrogens with one attached hydrogen (secondary N) is 2. The number of anilines is 3. The first-order valence-electron chi connectivity index (χ1n) is 12.1. The van der Waals surface area contributed by atoms with Gasteiger partial charge in [-0.05, 0) is 71.0 Å². The van der Waals surface area contributed by atoms with E-state index in [-0.39, 0.29) is 6.04 Å². The predicted octanol–water partition coefficient (Wildman–Crippen LogP) is 6.61. The van der Waals surface area contributed by atoms with Crippen molar-refractivity contribution in [3.05, 3.63) is 65.5 Å². The quantitative estimate of drug-likeness (QED) is 0.335. The van der Waals surface area contributed by atoms with Crippen LogP contribution in [0.5, 0.6) is 0 Å². The summed E-state index contributed by atoms with van der Waals surface area (Å²) in [5, 5.41) is 11.4. The SMILES string of the molecule is CC.Cc1cccc(Nc2cc(-c3cccc(C(C)N)n3)cc(N(C)C(=O)OC(C)(C)C)c2C=N)n1. The van der Waals surface area contributed by atoms with Crippen molar-refractivity contribution < 1.29 is 9.53 Å². The highest BCUT2D eigenvalue weighted by Gasteiger charge is 2.24. The van der Waals surface area contributed by atoms with Gasteiger partial charge in [-0.2, -0.15) is 0 Å². The molecule has 192 valence electrons. The Morgan fingerprint density at radius 3 is 2.39 bits per heavy atom. The molecule has 1 aromatic carbocycles. The normalized spacial score (nSPS) is 11.6. The van der Waals surface area contributed by atoms with Crippen molar-refractivity contribution in [1.82, 2.24) is 9.97 Å². The molecule has 0 saturated carbocycles. The van der Waals surface area contributed by atoms with Crippen LogP contribution >= 0.6 is 0 Å². The minimum atomic E-state index is -0.659. The molecular weight excluding hydrogens is 452 g/mol. The second-order valence-electron chi connectivity index (χ2n) is 9.17. The van der Waals surface area contributed by atoms with Crippen LogP contribution in [0.15, 0.2) is 48.5 Å². The molecule has 8 heteroatoms. The predicted molar refractivity (Wildman–Crippen MR) is 148 cm³/mol. The van der Waals surface area contributed by atoms with Gasteiger partial charge in [0.05, 0.1) is 22.8 Å². The summed E-state index contributed by atoms with van der Waals surface area (Å²) in [6, 6.07) is 14.8. The smallest absolute Gasteiger partial charge is 0.414 e. The van der Waals surface area contributed by atoms with E-state index in [2.05, 4.69) is 10.3 Å². The second-order valence-corrected chi connectivity index (χ2v) is 9.17. The number of ether oxygens (including phenoxy) is 1. The molecule has 1 amide bonds. The number of amides is 1.